The fraction of sp³-hybridized carbons (Fsp3) is 0.350. The molecule has 0 radical (unpaired) electrons. The summed E-state index contributed by atoms with van der Waals surface area (Å²) < 4.78 is 68.6. The first-order valence-corrected chi connectivity index (χ1v) is 10.9. The highest BCUT2D eigenvalue weighted by Gasteiger charge is 2.33. The van der Waals surface area contributed by atoms with E-state index in [0.29, 0.717) is 16.8 Å². The SMILES string of the molecule is O=C(Nc1cc2cn(C3CC(CI)C3)nc2cc1C(F)F)c1cccc(C(F)(F)F)n1. The molecule has 31 heavy (non-hydrogen) atoms. The van der Waals surface area contributed by atoms with Gasteiger partial charge in [-0.3, -0.25) is 9.48 Å². The largest absolute Gasteiger partial charge is 0.433 e. The summed E-state index contributed by atoms with van der Waals surface area (Å²) >= 11 is 2.33. The predicted molar refractivity (Wildman–Crippen MR) is 113 cm³/mol. The molecule has 2 heterocycles. The van der Waals surface area contributed by atoms with Crippen molar-refractivity contribution in [3.8, 4) is 0 Å². The topological polar surface area (TPSA) is 59.8 Å². The number of anilines is 1. The summed E-state index contributed by atoms with van der Waals surface area (Å²) in [5.41, 5.74) is -2.05. The van der Waals surface area contributed by atoms with E-state index in [1.54, 1.807) is 10.9 Å². The fourth-order valence-electron chi connectivity index (χ4n) is 3.53. The number of hydrogen-bond donors (Lipinski definition) is 1. The number of nitrogens with zero attached hydrogens (tertiary/aromatic N) is 3. The number of hydrogen-bond acceptors (Lipinski definition) is 3. The maximum Gasteiger partial charge on any atom is 0.433 e. The third-order valence-electron chi connectivity index (χ3n) is 5.25. The maximum absolute atomic E-state index is 13.6. The van der Waals surface area contributed by atoms with Crippen LogP contribution in [-0.4, -0.2) is 25.1 Å². The Labute approximate surface area is 187 Å². The van der Waals surface area contributed by atoms with Crippen LogP contribution in [0.5, 0.6) is 0 Å². The average Bonchev–Trinajstić information content (AvgIpc) is 3.08. The number of amides is 1. The molecule has 164 valence electrons. The molecule has 0 aliphatic heterocycles. The van der Waals surface area contributed by atoms with Gasteiger partial charge in [0, 0.05) is 21.6 Å². The molecular formula is C20H16F5IN4O. The monoisotopic (exact) mass is 550 g/mol. The van der Waals surface area contributed by atoms with E-state index in [9.17, 15) is 26.7 Å². The second kappa shape index (κ2) is 8.32. The molecule has 0 bridgehead atoms. The zero-order valence-corrected chi connectivity index (χ0v) is 18.0. The number of carbonyl (C=O) groups excluding carboxylic acids is 1. The van der Waals surface area contributed by atoms with Crippen molar-refractivity contribution in [1.82, 2.24) is 14.8 Å². The van der Waals surface area contributed by atoms with E-state index < -0.39 is 35.5 Å². The molecule has 0 atom stereocenters. The lowest BCUT2D eigenvalue weighted by molar-refractivity contribution is -0.141. The van der Waals surface area contributed by atoms with Gasteiger partial charge >= 0.3 is 6.18 Å². The summed E-state index contributed by atoms with van der Waals surface area (Å²) in [6.45, 7) is 0. The van der Waals surface area contributed by atoms with Crippen LogP contribution in [-0.2, 0) is 6.18 Å². The van der Waals surface area contributed by atoms with E-state index in [-0.39, 0.29) is 11.7 Å². The highest BCUT2D eigenvalue weighted by atomic mass is 127. The summed E-state index contributed by atoms with van der Waals surface area (Å²) in [5, 5.41) is 7.22. The summed E-state index contributed by atoms with van der Waals surface area (Å²) in [4.78, 5) is 15.7. The van der Waals surface area contributed by atoms with Gasteiger partial charge in [0.25, 0.3) is 12.3 Å². The van der Waals surface area contributed by atoms with E-state index in [0.717, 1.165) is 35.5 Å². The Morgan fingerprint density at radius 3 is 2.65 bits per heavy atom. The Kier molecular flexibility index (Phi) is 5.88. The molecule has 1 aliphatic carbocycles. The third-order valence-corrected chi connectivity index (χ3v) is 6.50. The van der Waals surface area contributed by atoms with E-state index in [2.05, 4.69) is 38.0 Å². The highest BCUT2D eigenvalue weighted by molar-refractivity contribution is 14.1. The second-order valence-electron chi connectivity index (χ2n) is 7.41. The molecule has 11 heteroatoms. The van der Waals surface area contributed by atoms with Crippen molar-refractivity contribution in [3.63, 3.8) is 0 Å². The van der Waals surface area contributed by atoms with E-state index in [4.69, 9.17) is 0 Å². The quantitative estimate of drug-likeness (QED) is 0.240. The number of halogens is 6. The molecule has 1 fully saturated rings. The molecule has 0 unspecified atom stereocenters. The Balaban J connectivity index is 1.63. The van der Waals surface area contributed by atoms with E-state index in [1.165, 1.54) is 12.1 Å². The molecule has 5 nitrogen and oxygen atoms in total. The van der Waals surface area contributed by atoms with Crippen molar-refractivity contribution >= 4 is 45.1 Å². The van der Waals surface area contributed by atoms with Crippen LogP contribution in [0.2, 0.25) is 0 Å². The number of fused-ring (bicyclic) bond motifs is 1. The van der Waals surface area contributed by atoms with Gasteiger partial charge in [-0.25, -0.2) is 13.8 Å². The lowest BCUT2D eigenvalue weighted by Gasteiger charge is -2.34. The van der Waals surface area contributed by atoms with Gasteiger partial charge in [-0.1, -0.05) is 28.7 Å². The van der Waals surface area contributed by atoms with E-state index >= 15 is 0 Å². The number of rotatable bonds is 5. The zero-order valence-electron chi connectivity index (χ0n) is 15.8. The van der Waals surface area contributed by atoms with Gasteiger partial charge in [-0.2, -0.15) is 18.3 Å². The minimum Gasteiger partial charge on any atom is -0.320 e. The number of carbonyl (C=O) groups is 1. The Morgan fingerprint density at radius 1 is 1.26 bits per heavy atom. The molecule has 3 aromatic rings. The molecule has 2 aromatic heterocycles. The summed E-state index contributed by atoms with van der Waals surface area (Å²) in [5.74, 6) is -0.395. The van der Waals surface area contributed by atoms with Crippen molar-refractivity contribution in [1.29, 1.82) is 0 Å². The van der Waals surface area contributed by atoms with Crippen LogP contribution < -0.4 is 5.32 Å². The Morgan fingerprint density at radius 2 is 2.00 bits per heavy atom. The van der Waals surface area contributed by atoms with Crippen LogP contribution in [0.3, 0.4) is 0 Å². The molecule has 0 saturated heterocycles. The molecule has 0 spiro atoms. The lowest BCUT2D eigenvalue weighted by atomic mass is 9.82. The standard InChI is InChI=1S/C20H16F5IN4O/c21-18(22)13-7-15-11(9-30(29-15)12-4-10(5-12)8-26)6-16(13)28-19(31)14-2-1-3-17(27-14)20(23,24)25/h1-3,6-7,9-10,12,18H,4-5,8H2,(H,28,31). The first kappa shape index (κ1) is 21.9. The van der Waals surface area contributed by atoms with Gasteiger partial charge in [0.2, 0.25) is 0 Å². The predicted octanol–water partition coefficient (Wildman–Crippen LogP) is 6.03. The number of nitrogens with one attached hydrogen (secondary N) is 1. The molecular weight excluding hydrogens is 534 g/mol. The average molecular weight is 550 g/mol. The number of pyridine rings is 1. The third kappa shape index (κ3) is 4.51. The Bertz CT molecular complexity index is 1120. The maximum atomic E-state index is 13.6. The number of benzene rings is 1. The van der Waals surface area contributed by atoms with Crippen LogP contribution in [0.15, 0.2) is 36.5 Å². The van der Waals surface area contributed by atoms with Crippen LogP contribution in [0.1, 0.15) is 47.1 Å². The van der Waals surface area contributed by atoms with Crippen LogP contribution >= 0.6 is 22.6 Å². The Hall–Kier alpha value is -2.31. The van der Waals surface area contributed by atoms with Gasteiger partial charge < -0.3 is 5.32 Å². The summed E-state index contributed by atoms with van der Waals surface area (Å²) in [6, 6.07) is 5.61. The molecule has 1 aliphatic rings. The van der Waals surface area contributed by atoms with Crippen molar-refractivity contribution in [2.24, 2.45) is 5.92 Å². The first-order valence-electron chi connectivity index (χ1n) is 9.38. The normalized spacial score (nSPS) is 18.9. The fourth-order valence-corrected chi connectivity index (χ4v) is 4.25. The van der Waals surface area contributed by atoms with Crippen molar-refractivity contribution < 1.29 is 26.7 Å². The van der Waals surface area contributed by atoms with Gasteiger partial charge in [-0.15, -0.1) is 0 Å². The van der Waals surface area contributed by atoms with Crippen LogP contribution in [0.25, 0.3) is 10.9 Å². The van der Waals surface area contributed by atoms with Gasteiger partial charge in [0.15, 0.2) is 0 Å². The number of alkyl halides is 6. The molecule has 1 aromatic carbocycles. The lowest BCUT2D eigenvalue weighted by Crippen LogP contribution is -2.27. The van der Waals surface area contributed by atoms with Crippen molar-refractivity contribution in [2.45, 2.75) is 31.5 Å². The molecule has 4 rings (SSSR count). The molecule has 1 amide bonds. The van der Waals surface area contributed by atoms with Crippen LogP contribution in [0, 0.1) is 5.92 Å². The first-order chi connectivity index (χ1) is 14.7. The molecule has 1 saturated carbocycles. The minimum absolute atomic E-state index is 0.190. The zero-order chi connectivity index (χ0) is 22.3. The molecule has 1 N–H and O–H groups in total. The smallest absolute Gasteiger partial charge is 0.320 e. The second-order valence-corrected chi connectivity index (χ2v) is 8.29. The summed E-state index contributed by atoms with van der Waals surface area (Å²) in [7, 11) is 0. The van der Waals surface area contributed by atoms with Gasteiger partial charge in [0.1, 0.15) is 11.4 Å². The highest BCUT2D eigenvalue weighted by Crippen LogP contribution is 2.40. The van der Waals surface area contributed by atoms with Gasteiger partial charge in [0.05, 0.1) is 17.2 Å². The minimum atomic E-state index is -4.73. The summed E-state index contributed by atoms with van der Waals surface area (Å²) in [6.07, 6.45) is -3.98. The van der Waals surface area contributed by atoms with Gasteiger partial charge in [-0.05, 0) is 43.0 Å². The van der Waals surface area contributed by atoms with E-state index in [1.807, 2.05) is 0 Å². The number of aromatic nitrogens is 3. The van der Waals surface area contributed by atoms with Crippen molar-refractivity contribution in [3.05, 3.63) is 53.5 Å². The van der Waals surface area contributed by atoms with Crippen LogP contribution in [0.4, 0.5) is 27.6 Å². The van der Waals surface area contributed by atoms with Crippen molar-refractivity contribution in [2.75, 3.05) is 9.74 Å².